The molecule has 0 atom stereocenters. The van der Waals surface area contributed by atoms with E-state index in [1.165, 1.54) is 18.2 Å². The molecule has 0 amide bonds. The first-order valence-electron chi connectivity index (χ1n) is 4.07. The summed E-state index contributed by atoms with van der Waals surface area (Å²) in [4.78, 5) is 10.7. The Morgan fingerprint density at radius 3 is 2.36 bits per heavy atom. The van der Waals surface area contributed by atoms with E-state index < -0.39 is 0 Å². The molecule has 0 aliphatic rings. The van der Waals surface area contributed by atoms with E-state index in [-0.39, 0.29) is 11.4 Å². The number of aromatic amines is 1. The molecule has 70 valence electrons. The normalized spacial score (nSPS) is 10.1. The van der Waals surface area contributed by atoms with Gasteiger partial charge >= 0.3 is 0 Å². The Morgan fingerprint density at radius 2 is 1.79 bits per heavy atom. The summed E-state index contributed by atoms with van der Waals surface area (Å²) in [6, 6.07) is 8.88. The fraction of sp³-hybridized carbons (Fsp3) is 0. The van der Waals surface area contributed by atoms with Gasteiger partial charge in [0.25, 0.3) is 5.56 Å². The highest BCUT2D eigenvalue weighted by Crippen LogP contribution is 2.14. The summed E-state index contributed by atoms with van der Waals surface area (Å²) in [5.41, 5.74) is 1.13. The predicted octanol–water partition coefficient (Wildman–Crippen LogP) is 1.58. The van der Waals surface area contributed by atoms with Gasteiger partial charge in [-0.25, -0.2) is 9.49 Å². The summed E-state index contributed by atoms with van der Waals surface area (Å²) in [7, 11) is 0. The molecular weight excluding hydrogens is 183 g/mol. The molecule has 1 heterocycles. The molecule has 0 saturated heterocycles. The molecule has 2 rings (SSSR count). The molecule has 2 aromatic rings. The van der Waals surface area contributed by atoms with Gasteiger partial charge in [0.1, 0.15) is 5.82 Å². The van der Waals surface area contributed by atoms with Crippen molar-refractivity contribution in [1.82, 2.24) is 10.2 Å². The number of halogens is 1. The van der Waals surface area contributed by atoms with Gasteiger partial charge in [0.05, 0.1) is 5.69 Å². The Labute approximate surface area is 79.2 Å². The van der Waals surface area contributed by atoms with E-state index in [1.807, 2.05) is 0 Å². The van der Waals surface area contributed by atoms with E-state index in [0.717, 1.165) is 5.56 Å². The molecule has 1 N–H and O–H groups in total. The topological polar surface area (TPSA) is 45.8 Å². The molecule has 0 aliphatic heterocycles. The van der Waals surface area contributed by atoms with E-state index in [4.69, 9.17) is 0 Å². The first-order valence-corrected chi connectivity index (χ1v) is 4.07. The van der Waals surface area contributed by atoms with Gasteiger partial charge in [0.2, 0.25) is 0 Å². The number of nitrogens with one attached hydrogen (secondary N) is 1. The zero-order valence-electron chi connectivity index (χ0n) is 7.20. The summed E-state index contributed by atoms with van der Waals surface area (Å²) in [6.45, 7) is 0. The maximum atomic E-state index is 12.6. The second-order valence-corrected chi connectivity index (χ2v) is 2.81. The van der Waals surface area contributed by atoms with Crippen molar-refractivity contribution >= 4 is 0 Å². The summed E-state index contributed by atoms with van der Waals surface area (Å²) in [5.74, 6) is -0.293. The zero-order chi connectivity index (χ0) is 9.97. The number of hydrogen-bond acceptors (Lipinski definition) is 2. The van der Waals surface area contributed by atoms with Crippen LogP contribution in [-0.2, 0) is 0 Å². The van der Waals surface area contributed by atoms with Crippen molar-refractivity contribution in [3.8, 4) is 11.3 Å². The van der Waals surface area contributed by atoms with Crippen molar-refractivity contribution < 1.29 is 4.39 Å². The Balaban J connectivity index is 2.44. The molecule has 0 fully saturated rings. The van der Waals surface area contributed by atoms with Gasteiger partial charge in [-0.05, 0) is 30.3 Å². The lowest BCUT2D eigenvalue weighted by Crippen LogP contribution is -2.05. The average molecular weight is 190 g/mol. The van der Waals surface area contributed by atoms with Crippen LogP contribution in [0.5, 0.6) is 0 Å². The van der Waals surface area contributed by atoms with E-state index in [1.54, 1.807) is 18.2 Å². The minimum absolute atomic E-state index is 0.254. The Morgan fingerprint density at radius 1 is 1.07 bits per heavy atom. The third-order valence-electron chi connectivity index (χ3n) is 1.82. The van der Waals surface area contributed by atoms with Gasteiger partial charge in [0, 0.05) is 11.6 Å². The number of H-pyrrole nitrogens is 1. The maximum Gasteiger partial charge on any atom is 0.264 e. The van der Waals surface area contributed by atoms with Gasteiger partial charge in [-0.3, -0.25) is 4.79 Å². The Kier molecular flexibility index (Phi) is 2.10. The standard InChI is InChI=1S/C10H7FN2O/c11-8-3-1-7(2-4-8)9-5-6-10(14)13-12-9/h1-6H,(H,13,14). The quantitative estimate of drug-likeness (QED) is 0.741. The molecule has 4 heteroatoms. The lowest BCUT2D eigenvalue weighted by atomic mass is 10.1. The molecule has 0 unspecified atom stereocenters. The SMILES string of the molecule is O=c1ccc(-c2ccc(F)cc2)n[nH]1. The van der Waals surface area contributed by atoms with E-state index in [9.17, 15) is 9.18 Å². The third kappa shape index (κ3) is 1.69. The summed E-state index contributed by atoms with van der Waals surface area (Å²) < 4.78 is 12.6. The minimum Gasteiger partial charge on any atom is -0.268 e. The van der Waals surface area contributed by atoms with E-state index in [0.29, 0.717) is 5.69 Å². The van der Waals surface area contributed by atoms with Crippen molar-refractivity contribution in [1.29, 1.82) is 0 Å². The number of aromatic nitrogens is 2. The number of benzene rings is 1. The molecule has 0 bridgehead atoms. The summed E-state index contributed by atoms with van der Waals surface area (Å²) in [5, 5.41) is 6.13. The van der Waals surface area contributed by atoms with Crippen LogP contribution in [0, 0.1) is 5.82 Å². The van der Waals surface area contributed by atoms with E-state index in [2.05, 4.69) is 10.2 Å². The second-order valence-electron chi connectivity index (χ2n) is 2.81. The van der Waals surface area contributed by atoms with Crippen molar-refractivity contribution in [2.24, 2.45) is 0 Å². The van der Waals surface area contributed by atoms with Crippen LogP contribution < -0.4 is 5.56 Å². The van der Waals surface area contributed by atoms with Crippen molar-refractivity contribution in [3.63, 3.8) is 0 Å². The number of rotatable bonds is 1. The van der Waals surface area contributed by atoms with Crippen molar-refractivity contribution in [2.75, 3.05) is 0 Å². The molecule has 0 aliphatic carbocycles. The summed E-state index contributed by atoms with van der Waals surface area (Å²) in [6.07, 6.45) is 0. The zero-order valence-corrected chi connectivity index (χ0v) is 7.20. The van der Waals surface area contributed by atoms with Gasteiger partial charge < -0.3 is 0 Å². The molecule has 3 nitrogen and oxygen atoms in total. The Hall–Kier alpha value is -1.97. The largest absolute Gasteiger partial charge is 0.268 e. The monoisotopic (exact) mass is 190 g/mol. The fourth-order valence-corrected chi connectivity index (χ4v) is 1.13. The number of hydrogen-bond donors (Lipinski definition) is 1. The highest BCUT2D eigenvalue weighted by Gasteiger charge is 1.98. The van der Waals surface area contributed by atoms with Gasteiger partial charge in [-0.1, -0.05) is 0 Å². The van der Waals surface area contributed by atoms with Crippen molar-refractivity contribution in [2.45, 2.75) is 0 Å². The Bertz CT molecular complexity index is 470. The van der Waals surface area contributed by atoms with Crippen LogP contribution in [-0.4, -0.2) is 10.2 Å². The highest BCUT2D eigenvalue weighted by molar-refractivity contribution is 5.57. The lowest BCUT2D eigenvalue weighted by Gasteiger charge is -1.98. The van der Waals surface area contributed by atoms with Crippen LogP contribution in [0.4, 0.5) is 4.39 Å². The molecule has 1 aromatic heterocycles. The van der Waals surface area contributed by atoms with Crippen LogP contribution in [0.25, 0.3) is 11.3 Å². The molecule has 14 heavy (non-hydrogen) atoms. The highest BCUT2D eigenvalue weighted by atomic mass is 19.1. The number of nitrogens with zero attached hydrogens (tertiary/aromatic N) is 1. The molecular formula is C10H7FN2O. The van der Waals surface area contributed by atoms with Gasteiger partial charge in [-0.15, -0.1) is 0 Å². The third-order valence-corrected chi connectivity index (χ3v) is 1.82. The first kappa shape index (κ1) is 8.62. The van der Waals surface area contributed by atoms with Gasteiger partial charge in [0.15, 0.2) is 0 Å². The first-order chi connectivity index (χ1) is 6.75. The van der Waals surface area contributed by atoms with Crippen LogP contribution >= 0.6 is 0 Å². The molecule has 0 saturated carbocycles. The smallest absolute Gasteiger partial charge is 0.264 e. The molecule has 0 spiro atoms. The second kappa shape index (κ2) is 3.41. The average Bonchev–Trinajstić information content (AvgIpc) is 2.21. The molecule has 1 aromatic carbocycles. The fourth-order valence-electron chi connectivity index (χ4n) is 1.13. The maximum absolute atomic E-state index is 12.6. The van der Waals surface area contributed by atoms with Gasteiger partial charge in [-0.2, -0.15) is 5.10 Å². The van der Waals surface area contributed by atoms with Crippen LogP contribution in [0.1, 0.15) is 0 Å². The van der Waals surface area contributed by atoms with Crippen molar-refractivity contribution in [3.05, 3.63) is 52.6 Å². The molecule has 0 radical (unpaired) electrons. The van der Waals surface area contributed by atoms with Crippen LogP contribution in [0.3, 0.4) is 0 Å². The van der Waals surface area contributed by atoms with Crippen LogP contribution in [0.15, 0.2) is 41.2 Å². The predicted molar refractivity (Wildman–Crippen MR) is 50.3 cm³/mol. The van der Waals surface area contributed by atoms with E-state index >= 15 is 0 Å². The summed E-state index contributed by atoms with van der Waals surface area (Å²) >= 11 is 0. The lowest BCUT2D eigenvalue weighted by molar-refractivity contribution is 0.628. The van der Waals surface area contributed by atoms with Crippen LogP contribution in [0.2, 0.25) is 0 Å². The minimum atomic E-state index is -0.293.